The molecular weight excluding hydrogens is 205 g/mol. The predicted octanol–water partition coefficient (Wildman–Crippen LogP) is 4.75. The highest BCUT2D eigenvalue weighted by molar-refractivity contribution is 6.04. The Hall–Kier alpha value is 0.0249. The Morgan fingerprint density at radius 3 is 1.47 bits per heavy atom. The van der Waals surface area contributed by atoms with Crippen LogP contribution < -0.4 is 5.23 Å². The van der Waals surface area contributed by atoms with Gasteiger partial charge in [0.2, 0.25) is 0 Å². The summed E-state index contributed by atoms with van der Waals surface area (Å²) < 4.78 is 0. The zero-order valence-electron chi connectivity index (χ0n) is 12.1. The summed E-state index contributed by atoms with van der Waals surface area (Å²) in [5.41, 5.74) is 0. The van der Waals surface area contributed by atoms with Gasteiger partial charge in [-0.3, -0.25) is 0 Å². The third kappa shape index (κ3) is 12.3. The second kappa shape index (κ2) is 14.1. The van der Waals surface area contributed by atoms with Gasteiger partial charge < -0.3 is 5.23 Å². The Labute approximate surface area is 111 Å². The second-order valence-electron chi connectivity index (χ2n) is 5.27. The molecule has 0 rings (SSSR count). The first-order valence-corrected chi connectivity index (χ1v) is 7.81. The van der Waals surface area contributed by atoms with Crippen LogP contribution in [-0.2, 0) is 0 Å². The quantitative estimate of drug-likeness (QED) is 0.360. The third-order valence-corrected chi connectivity index (χ3v) is 3.55. The summed E-state index contributed by atoms with van der Waals surface area (Å²) in [7, 11) is 5.60. The van der Waals surface area contributed by atoms with Gasteiger partial charge in [0.1, 0.15) is 0 Å². The van der Waals surface area contributed by atoms with Crippen molar-refractivity contribution in [2.45, 2.75) is 96.9 Å². The molecule has 0 aromatic rings. The molecule has 0 bridgehead atoms. The van der Waals surface area contributed by atoms with Crippen LogP contribution >= 0.6 is 0 Å². The van der Waals surface area contributed by atoms with Gasteiger partial charge in [-0.05, 0) is 18.9 Å². The van der Waals surface area contributed by atoms with E-state index < -0.39 is 0 Å². The van der Waals surface area contributed by atoms with E-state index in [2.05, 4.69) is 19.1 Å². The third-order valence-electron chi connectivity index (χ3n) is 3.55. The normalized spacial score (nSPS) is 11.2. The molecule has 0 aliphatic rings. The van der Waals surface area contributed by atoms with E-state index in [4.69, 9.17) is 7.98 Å². The Bertz CT molecular complexity index is 125. The van der Waals surface area contributed by atoms with Gasteiger partial charge in [0.15, 0.2) is 7.98 Å². The molecule has 17 heavy (non-hydrogen) atoms. The number of nitrogens with one attached hydrogen (secondary N) is 1. The SMILES string of the molecule is [B]NC(CCCCCCC)CCCCCCC. The van der Waals surface area contributed by atoms with Crippen LogP contribution in [0.15, 0.2) is 0 Å². The molecule has 0 aromatic heterocycles. The van der Waals surface area contributed by atoms with Crippen LogP contribution in [0.25, 0.3) is 0 Å². The first-order chi connectivity index (χ1) is 8.35. The van der Waals surface area contributed by atoms with Gasteiger partial charge in [0.05, 0.1) is 0 Å². The van der Waals surface area contributed by atoms with Crippen molar-refractivity contribution in [1.82, 2.24) is 5.23 Å². The lowest BCUT2D eigenvalue weighted by molar-refractivity contribution is 0.466. The van der Waals surface area contributed by atoms with Crippen molar-refractivity contribution in [3.05, 3.63) is 0 Å². The maximum Gasteiger partial charge on any atom is 0.178 e. The molecule has 0 saturated heterocycles. The van der Waals surface area contributed by atoms with E-state index in [-0.39, 0.29) is 0 Å². The van der Waals surface area contributed by atoms with Crippen molar-refractivity contribution in [2.24, 2.45) is 0 Å². The zero-order chi connectivity index (χ0) is 12.8. The lowest BCUT2D eigenvalue weighted by Gasteiger charge is -2.16. The topological polar surface area (TPSA) is 12.0 Å². The van der Waals surface area contributed by atoms with Crippen LogP contribution in [0.4, 0.5) is 0 Å². The summed E-state index contributed by atoms with van der Waals surface area (Å²) in [6, 6.07) is 0.554. The first kappa shape index (κ1) is 17.0. The largest absolute Gasteiger partial charge is 0.364 e. The van der Waals surface area contributed by atoms with E-state index in [0.717, 1.165) is 0 Å². The van der Waals surface area contributed by atoms with Crippen LogP contribution in [0.2, 0.25) is 0 Å². The van der Waals surface area contributed by atoms with Gasteiger partial charge in [0.25, 0.3) is 0 Å². The molecule has 0 fully saturated rings. The van der Waals surface area contributed by atoms with Gasteiger partial charge in [-0.1, -0.05) is 78.1 Å². The van der Waals surface area contributed by atoms with Crippen LogP contribution in [0.5, 0.6) is 0 Å². The average molecular weight is 237 g/mol. The average Bonchev–Trinajstić information content (AvgIpc) is 2.36. The predicted molar refractivity (Wildman–Crippen MR) is 79.4 cm³/mol. The Balaban J connectivity index is 3.30. The lowest BCUT2D eigenvalue weighted by atomic mass is 9.99. The van der Waals surface area contributed by atoms with Crippen molar-refractivity contribution in [2.75, 3.05) is 0 Å². The van der Waals surface area contributed by atoms with E-state index in [1.807, 2.05) is 0 Å². The fraction of sp³-hybridized carbons (Fsp3) is 1.00. The molecule has 0 heterocycles. The molecule has 0 aliphatic heterocycles. The summed E-state index contributed by atoms with van der Waals surface area (Å²) >= 11 is 0. The summed E-state index contributed by atoms with van der Waals surface area (Å²) in [6.07, 6.45) is 16.2. The fourth-order valence-corrected chi connectivity index (χ4v) is 2.30. The Kier molecular flexibility index (Phi) is 14.1. The maximum atomic E-state index is 5.60. The minimum absolute atomic E-state index is 0.554. The lowest BCUT2D eigenvalue weighted by Crippen LogP contribution is -2.26. The molecule has 2 heteroatoms. The molecule has 100 valence electrons. The van der Waals surface area contributed by atoms with Crippen molar-refractivity contribution in [3.63, 3.8) is 0 Å². The maximum absolute atomic E-state index is 5.60. The summed E-state index contributed by atoms with van der Waals surface area (Å²) in [6.45, 7) is 4.53. The molecule has 0 unspecified atom stereocenters. The van der Waals surface area contributed by atoms with Crippen LogP contribution in [0.3, 0.4) is 0 Å². The smallest absolute Gasteiger partial charge is 0.178 e. The van der Waals surface area contributed by atoms with E-state index in [0.29, 0.717) is 6.04 Å². The summed E-state index contributed by atoms with van der Waals surface area (Å²) in [5, 5.41) is 2.98. The van der Waals surface area contributed by atoms with Gasteiger partial charge in [0, 0.05) is 0 Å². The molecule has 0 amide bonds. The van der Waals surface area contributed by atoms with Crippen LogP contribution in [-0.4, -0.2) is 14.0 Å². The molecule has 2 radical (unpaired) electrons. The second-order valence-corrected chi connectivity index (χ2v) is 5.27. The Morgan fingerprint density at radius 2 is 1.12 bits per heavy atom. The molecule has 0 spiro atoms. The van der Waals surface area contributed by atoms with Crippen molar-refractivity contribution < 1.29 is 0 Å². The monoisotopic (exact) mass is 237 g/mol. The molecule has 0 aromatic carbocycles. The standard InChI is InChI=1S/C15H32BN/c1-3-5-7-9-11-13-15(17-16)14-12-10-8-6-4-2/h15,17H,3-14H2,1-2H3. The van der Waals surface area contributed by atoms with Gasteiger partial charge in [-0.15, -0.1) is 0 Å². The van der Waals surface area contributed by atoms with Crippen LogP contribution in [0.1, 0.15) is 90.9 Å². The van der Waals surface area contributed by atoms with Gasteiger partial charge in [-0.2, -0.15) is 0 Å². The minimum Gasteiger partial charge on any atom is -0.364 e. The van der Waals surface area contributed by atoms with Crippen molar-refractivity contribution >= 4 is 7.98 Å². The highest BCUT2D eigenvalue weighted by Gasteiger charge is 2.04. The van der Waals surface area contributed by atoms with E-state index >= 15 is 0 Å². The fourth-order valence-electron chi connectivity index (χ4n) is 2.30. The Morgan fingerprint density at radius 1 is 0.706 bits per heavy atom. The van der Waals surface area contributed by atoms with Crippen molar-refractivity contribution in [1.29, 1.82) is 0 Å². The van der Waals surface area contributed by atoms with E-state index in [1.54, 1.807) is 0 Å². The summed E-state index contributed by atoms with van der Waals surface area (Å²) in [5.74, 6) is 0. The van der Waals surface area contributed by atoms with E-state index in [9.17, 15) is 0 Å². The van der Waals surface area contributed by atoms with Gasteiger partial charge in [-0.25, -0.2) is 0 Å². The molecule has 0 saturated carbocycles. The minimum atomic E-state index is 0.554. The molecular formula is C15H32BN. The molecule has 1 nitrogen and oxygen atoms in total. The van der Waals surface area contributed by atoms with Gasteiger partial charge >= 0.3 is 0 Å². The highest BCUT2D eigenvalue weighted by Crippen LogP contribution is 2.12. The first-order valence-electron chi connectivity index (χ1n) is 7.81. The number of unbranched alkanes of at least 4 members (excludes halogenated alkanes) is 8. The molecule has 0 aliphatic carbocycles. The molecule has 0 atom stereocenters. The van der Waals surface area contributed by atoms with Crippen LogP contribution in [0, 0.1) is 0 Å². The number of hydrogen-bond acceptors (Lipinski definition) is 1. The highest BCUT2D eigenvalue weighted by atomic mass is 14.8. The molecule has 1 N–H and O–H groups in total. The zero-order valence-corrected chi connectivity index (χ0v) is 12.1. The van der Waals surface area contributed by atoms with E-state index in [1.165, 1.54) is 77.0 Å². The number of hydrogen-bond donors (Lipinski definition) is 1. The van der Waals surface area contributed by atoms with Crippen molar-refractivity contribution in [3.8, 4) is 0 Å². The summed E-state index contributed by atoms with van der Waals surface area (Å²) in [4.78, 5) is 0. The number of rotatable bonds is 13.